The molecular weight excluding hydrogens is 258 g/mol. The molecule has 1 atom stereocenters. The molecular formula is C11H13NO5S. The molecule has 1 unspecified atom stereocenters. The molecule has 1 aromatic rings. The molecule has 2 rings (SSSR count). The molecule has 1 heterocycles. The van der Waals surface area contributed by atoms with Gasteiger partial charge in [0.1, 0.15) is 11.8 Å². The van der Waals surface area contributed by atoms with Crippen LogP contribution in [0.2, 0.25) is 0 Å². The maximum atomic E-state index is 12.0. The molecule has 98 valence electrons. The molecule has 7 heteroatoms. The Balaban J connectivity index is 2.63. The lowest BCUT2D eigenvalue weighted by molar-refractivity contribution is -0.138. The average molecular weight is 271 g/mol. The summed E-state index contributed by atoms with van der Waals surface area (Å²) in [5, 5.41) is 9.06. The second-order valence-corrected chi connectivity index (χ2v) is 6.08. The number of likely N-dealkylation sites (N-methyl/N-ethyl adjacent to an activating group) is 1. The van der Waals surface area contributed by atoms with E-state index in [1.807, 2.05) is 0 Å². The molecule has 0 saturated carbocycles. The van der Waals surface area contributed by atoms with E-state index in [1.165, 1.54) is 24.1 Å². The number of carboxylic acids is 1. The van der Waals surface area contributed by atoms with Crippen LogP contribution in [0, 0.1) is 0 Å². The van der Waals surface area contributed by atoms with Crippen LogP contribution < -0.4 is 9.64 Å². The first-order valence-corrected chi connectivity index (χ1v) is 6.88. The van der Waals surface area contributed by atoms with Gasteiger partial charge in [0.25, 0.3) is 0 Å². The molecule has 6 nitrogen and oxygen atoms in total. The summed E-state index contributed by atoms with van der Waals surface area (Å²) in [4.78, 5) is 12.7. The number of aliphatic carboxylic acids is 1. The zero-order valence-corrected chi connectivity index (χ0v) is 10.8. The minimum Gasteiger partial charge on any atom is -0.497 e. The molecule has 1 aliphatic rings. The van der Waals surface area contributed by atoms with E-state index in [2.05, 4.69) is 0 Å². The number of ether oxygens (including phenoxy) is 1. The van der Waals surface area contributed by atoms with Gasteiger partial charge >= 0.3 is 5.97 Å². The minimum absolute atomic E-state index is 0.142. The summed E-state index contributed by atoms with van der Waals surface area (Å²) >= 11 is 0. The summed E-state index contributed by atoms with van der Waals surface area (Å²) in [5.74, 6) is -1.09. The molecule has 0 spiro atoms. The van der Waals surface area contributed by atoms with Crippen LogP contribution in [0.4, 0.5) is 5.69 Å². The lowest BCUT2D eigenvalue weighted by Gasteiger charge is -2.33. The van der Waals surface area contributed by atoms with Gasteiger partial charge in [-0.3, -0.25) is 0 Å². The summed E-state index contributed by atoms with van der Waals surface area (Å²) in [6.07, 6.45) is 0. The zero-order chi connectivity index (χ0) is 13.5. The number of carbonyl (C=O) groups is 1. The van der Waals surface area contributed by atoms with Crippen molar-refractivity contribution in [3.05, 3.63) is 18.2 Å². The van der Waals surface area contributed by atoms with Crippen LogP contribution in [0.1, 0.15) is 0 Å². The highest BCUT2D eigenvalue weighted by molar-refractivity contribution is 7.91. The van der Waals surface area contributed by atoms with E-state index >= 15 is 0 Å². The molecule has 1 aliphatic heterocycles. The fourth-order valence-corrected chi connectivity index (χ4v) is 3.74. The first-order valence-electron chi connectivity index (χ1n) is 5.23. The lowest BCUT2D eigenvalue weighted by atomic mass is 10.2. The lowest BCUT2D eigenvalue weighted by Crippen LogP contribution is -2.47. The second-order valence-electron chi connectivity index (χ2n) is 4.08. The van der Waals surface area contributed by atoms with E-state index in [-0.39, 0.29) is 4.90 Å². The van der Waals surface area contributed by atoms with Crippen molar-refractivity contribution in [1.82, 2.24) is 0 Å². The summed E-state index contributed by atoms with van der Waals surface area (Å²) < 4.78 is 29.0. The Bertz CT molecular complexity index is 595. The van der Waals surface area contributed by atoms with Gasteiger partial charge in [0, 0.05) is 13.1 Å². The highest BCUT2D eigenvalue weighted by Crippen LogP contribution is 2.35. The fourth-order valence-electron chi connectivity index (χ4n) is 1.98. The predicted octanol–water partition coefficient (Wildman–Crippen LogP) is 0.372. The first kappa shape index (κ1) is 12.7. The van der Waals surface area contributed by atoms with Gasteiger partial charge in [0.05, 0.1) is 23.4 Å². The van der Waals surface area contributed by atoms with Gasteiger partial charge in [-0.1, -0.05) is 0 Å². The first-order chi connectivity index (χ1) is 8.36. The van der Waals surface area contributed by atoms with Gasteiger partial charge in [-0.2, -0.15) is 0 Å². The number of nitrogens with zero attached hydrogens (tertiary/aromatic N) is 1. The van der Waals surface area contributed by atoms with Crippen molar-refractivity contribution in [3.8, 4) is 5.75 Å². The number of hydrogen-bond acceptors (Lipinski definition) is 5. The monoisotopic (exact) mass is 271 g/mol. The Labute approximate surface area is 105 Å². The Kier molecular flexibility index (Phi) is 2.94. The number of fused-ring (bicyclic) bond motifs is 1. The maximum absolute atomic E-state index is 12.0. The largest absolute Gasteiger partial charge is 0.497 e. The molecule has 0 radical (unpaired) electrons. The van der Waals surface area contributed by atoms with Crippen LogP contribution in [0.15, 0.2) is 23.1 Å². The number of rotatable bonds is 2. The van der Waals surface area contributed by atoms with Crippen molar-refractivity contribution in [2.24, 2.45) is 0 Å². The predicted molar refractivity (Wildman–Crippen MR) is 64.9 cm³/mol. The molecule has 0 saturated heterocycles. The van der Waals surface area contributed by atoms with Gasteiger partial charge in [-0.15, -0.1) is 0 Å². The second kappa shape index (κ2) is 4.16. The van der Waals surface area contributed by atoms with E-state index in [1.54, 1.807) is 13.1 Å². The number of benzene rings is 1. The molecule has 0 aliphatic carbocycles. The van der Waals surface area contributed by atoms with E-state index in [9.17, 15) is 13.2 Å². The van der Waals surface area contributed by atoms with Crippen molar-refractivity contribution in [1.29, 1.82) is 0 Å². The third kappa shape index (κ3) is 1.90. The Hall–Kier alpha value is -1.76. The Morgan fingerprint density at radius 2 is 2.17 bits per heavy atom. The zero-order valence-electron chi connectivity index (χ0n) is 9.95. The highest BCUT2D eigenvalue weighted by atomic mass is 32.2. The van der Waals surface area contributed by atoms with Crippen LogP contribution in [-0.4, -0.2) is 45.4 Å². The standard InChI is InChI=1S/C11H13NO5S/c1-12-8-5-7(17-2)3-4-10(8)18(15,16)6-9(12)11(13)14/h3-5,9H,6H2,1-2H3,(H,13,14). The highest BCUT2D eigenvalue weighted by Gasteiger charge is 2.38. The topological polar surface area (TPSA) is 83.9 Å². The summed E-state index contributed by atoms with van der Waals surface area (Å²) in [7, 11) is -0.545. The van der Waals surface area contributed by atoms with Crippen molar-refractivity contribution in [2.45, 2.75) is 10.9 Å². The van der Waals surface area contributed by atoms with E-state index in [0.717, 1.165) is 0 Å². The van der Waals surface area contributed by atoms with Gasteiger partial charge in [-0.25, -0.2) is 13.2 Å². The van der Waals surface area contributed by atoms with E-state index in [0.29, 0.717) is 11.4 Å². The third-order valence-corrected chi connectivity index (χ3v) is 4.78. The Morgan fingerprint density at radius 3 is 2.72 bits per heavy atom. The third-order valence-electron chi connectivity index (χ3n) is 3.01. The average Bonchev–Trinajstić information content (AvgIpc) is 2.33. The number of hydrogen-bond donors (Lipinski definition) is 1. The van der Waals surface area contributed by atoms with E-state index in [4.69, 9.17) is 9.84 Å². The number of methoxy groups -OCH3 is 1. The molecule has 0 aromatic heterocycles. The smallest absolute Gasteiger partial charge is 0.327 e. The minimum atomic E-state index is -3.57. The fraction of sp³-hybridized carbons (Fsp3) is 0.364. The van der Waals surface area contributed by atoms with Crippen molar-refractivity contribution in [2.75, 3.05) is 24.8 Å². The normalized spacial score (nSPS) is 21.2. The SMILES string of the molecule is COc1ccc2c(c1)N(C)C(C(=O)O)CS2(=O)=O. The molecule has 18 heavy (non-hydrogen) atoms. The Morgan fingerprint density at radius 1 is 1.50 bits per heavy atom. The van der Waals surface area contributed by atoms with Crippen LogP contribution in [0.5, 0.6) is 5.75 Å². The summed E-state index contributed by atoms with van der Waals surface area (Å²) in [5.41, 5.74) is 0.355. The van der Waals surface area contributed by atoms with E-state index < -0.39 is 27.6 Å². The quantitative estimate of drug-likeness (QED) is 0.836. The molecule has 1 aromatic carbocycles. The van der Waals surface area contributed by atoms with Gasteiger partial charge in [0.2, 0.25) is 0 Å². The number of carboxylic acid groups (broad SMARTS) is 1. The van der Waals surface area contributed by atoms with Crippen LogP contribution >= 0.6 is 0 Å². The molecule has 1 N–H and O–H groups in total. The summed E-state index contributed by atoms with van der Waals surface area (Å²) in [6.45, 7) is 0. The van der Waals surface area contributed by atoms with Crippen LogP contribution in [-0.2, 0) is 14.6 Å². The number of anilines is 1. The molecule has 0 amide bonds. The van der Waals surface area contributed by atoms with Gasteiger partial charge in [-0.05, 0) is 12.1 Å². The number of sulfone groups is 1. The van der Waals surface area contributed by atoms with Crippen LogP contribution in [0.25, 0.3) is 0 Å². The molecule has 0 bridgehead atoms. The van der Waals surface area contributed by atoms with Crippen LogP contribution in [0.3, 0.4) is 0 Å². The summed E-state index contributed by atoms with van der Waals surface area (Å²) in [6, 6.07) is 3.44. The van der Waals surface area contributed by atoms with Gasteiger partial charge in [0.15, 0.2) is 9.84 Å². The van der Waals surface area contributed by atoms with Crippen molar-refractivity contribution in [3.63, 3.8) is 0 Å². The molecule has 0 fully saturated rings. The maximum Gasteiger partial charge on any atom is 0.327 e. The van der Waals surface area contributed by atoms with Crippen molar-refractivity contribution >= 4 is 21.5 Å². The van der Waals surface area contributed by atoms with Crippen molar-refractivity contribution < 1.29 is 23.1 Å². The van der Waals surface area contributed by atoms with Gasteiger partial charge < -0.3 is 14.7 Å².